The lowest BCUT2D eigenvalue weighted by molar-refractivity contribution is 0.197. The molecule has 0 bridgehead atoms. The van der Waals surface area contributed by atoms with Crippen LogP contribution in [0.1, 0.15) is 10.8 Å². The molecule has 68 valence electrons. The molecule has 0 saturated carbocycles. The molecule has 12 heavy (non-hydrogen) atoms. The summed E-state index contributed by atoms with van der Waals surface area (Å²) in [6.07, 6.45) is 0.737. The fourth-order valence-electron chi connectivity index (χ4n) is 0.852. The maximum Gasteiger partial charge on any atom is 0.139 e. The molecule has 1 rings (SSSR count). The summed E-state index contributed by atoms with van der Waals surface area (Å²) in [6.45, 7) is 2.43. The van der Waals surface area contributed by atoms with E-state index in [0.29, 0.717) is 6.61 Å². The zero-order valence-corrected chi connectivity index (χ0v) is 8.65. The standard InChI is InChI=1S/C7H11ClN2OS/c1-5-9-7(12-10-5)3-6(8)4-11-2/h6H,3-4H2,1-2H3. The van der Waals surface area contributed by atoms with Crippen molar-refractivity contribution < 1.29 is 4.74 Å². The van der Waals surface area contributed by atoms with E-state index in [0.717, 1.165) is 17.3 Å². The minimum atomic E-state index is 0.00218. The number of rotatable bonds is 4. The Morgan fingerprint density at radius 1 is 1.67 bits per heavy atom. The molecule has 1 aromatic rings. The van der Waals surface area contributed by atoms with Crippen LogP contribution in [0.25, 0.3) is 0 Å². The Morgan fingerprint density at radius 3 is 2.92 bits per heavy atom. The molecule has 0 aliphatic heterocycles. The molecule has 0 amide bonds. The van der Waals surface area contributed by atoms with Crippen molar-refractivity contribution in [1.29, 1.82) is 0 Å². The van der Waals surface area contributed by atoms with E-state index >= 15 is 0 Å². The highest BCUT2D eigenvalue weighted by molar-refractivity contribution is 7.05. The fourth-order valence-corrected chi connectivity index (χ4v) is 1.94. The molecular formula is C7H11ClN2OS. The summed E-state index contributed by atoms with van der Waals surface area (Å²) < 4.78 is 8.97. The van der Waals surface area contributed by atoms with Crippen molar-refractivity contribution in [2.24, 2.45) is 0 Å². The SMILES string of the molecule is COCC(Cl)Cc1nc(C)ns1. The van der Waals surface area contributed by atoms with Crippen LogP contribution in [0.4, 0.5) is 0 Å². The lowest BCUT2D eigenvalue weighted by atomic mass is 10.3. The molecule has 0 fully saturated rings. The summed E-state index contributed by atoms with van der Waals surface area (Å²) >= 11 is 7.34. The van der Waals surface area contributed by atoms with Gasteiger partial charge in [-0.25, -0.2) is 4.98 Å². The van der Waals surface area contributed by atoms with Crippen LogP contribution in [0, 0.1) is 6.92 Å². The fraction of sp³-hybridized carbons (Fsp3) is 0.714. The second-order valence-electron chi connectivity index (χ2n) is 2.49. The van der Waals surface area contributed by atoms with Crippen LogP contribution >= 0.6 is 23.1 Å². The zero-order valence-electron chi connectivity index (χ0n) is 7.08. The minimum Gasteiger partial charge on any atom is -0.383 e. The smallest absolute Gasteiger partial charge is 0.139 e. The Kier molecular flexibility index (Phi) is 3.91. The summed E-state index contributed by atoms with van der Waals surface area (Å²) in [7, 11) is 1.64. The van der Waals surface area contributed by atoms with E-state index in [-0.39, 0.29) is 5.38 Å². The van der Waals surface area contributed by atoms with Gasteiger partial charge < -0.3 is 4.74 Å². The van der Waals surface area contributed by atoms with Crippen LogP contribution in [0.15, 0.2) is 0 Å². The van der Waals surface area contributed by atoms with Gasteiger partial charge in [0.05, 0.1) is 12.0 Å². The molecule has 1 unspecified atom stereocenters. The number of methoxy groups -OCH3 is 1. The monoisotopic (exact) mass is 206 g/mol. The highest BCUT2D eigenvalue weighted by atomic mass is 35.5. The van der Waals surface area contributed by atoms with E-state index in [1.54, 1.807) is 7.11 Å². The Balaban J connectivity index is 2.41. The largest absolute Gasteiger partial charge is 0.383 e. The molecule has 0 aliphatic rings. The van der Waals surface area contributed by atoms with Crippen LogP contribution in [0.5, 0.6) is 0 Å². The third-order valence-electron chi connectivity index (χ3n) is 1.31. The molecule has 0 aromatic carbocycles. The molecule has 3 nitrogen and oxygen atoms in total. The highest BCUT2D eigenvalue weighted by Crippen LogP contribution is 2.10. The van der Waals surface area contributed by atoms with Gasteiger partial charge in [-0.1, -0.05) is 0 Å². The van der Waals surface area contributed by atoms with Crippen molar-refractivity contribution in [3.8, 4) is 0 Å². The molecule has 1 aromatic heterocycles. The third-order valence-corrected chi connectivity index (χ3v) is 2.42. The first-order chi connectivity index (χ1) is 5.72. The van der Waals surface area contributed by atoms with Crippen LogP contribution < -0.4 is 0 Å². The average Bonchev–Trinajstić information content (AvgIpc) is 2.36. The summed E-state index contributed by atoms with van der Waals surface area (Å²) in [4.78, 5) is 4.20. The molecule has 1 heterocycles. The second kappa shape index (κ2) is 4.74. The van der Waals surface area contributed by atoms with Crippen molar-refractivity contribution in [3.05, 3.63) is 10.8 Å². The number of alkyl halides is 1. The van der Waals surface area contributed by atoms with Gasteiger partial charge in [0.1, 0.15) is 10.8 Å². The van der Waals surface area contributed by atoms with Gasteiger partial charge in [-0.05, 0) is 18.5 Å². The Hall–Kier alpha value is -0.190. The Bertz CT molecular complexity index is 241. The molecule has 0 saturated heterocycles. The van der Waals surface area contributed by atoms with Crippen molar-refractivity contribution in [3.63, 3.8) is 0 Å². The number of hydrogen-bond acceptors (Lipinski definition) is 4. The van der Waals surface area contributed by atoms with Crippen LogP contribution in [-0.2, 0) is 11.2 Å². The van der Waals surface area contributed by atoms with Gasteiger partial charge in [-0.3, -0.25) is 0 Å². The lowest BCUT2D eigenvalue weighted by Gasteiger charge is -2.03. The third kappa shape index (κ3) is 3.05. The number of halogens is 1. The van der Waals surface area contributed by atoms with Gasteiger partial charge >= 0.3 is 0 Å². The quantitative estimate of drug-likeness (QED) is 0.703. The molecule has 0 aliphatic carbocycles. The van der Waals surface area contributed by atoms with Gasteiger partial charge in [0.2, 0.25) is 0 Å². The zero-order chi connectivity index (χ0) is 8.97. The van der Waals surface area contributed by atoms with Gasteiger partial charge in [-0.15, -0.1) is 11.6 Å². The first kappa shape index (κ1) is 9.89. The number of aryl methyl sites for hydroxylation is 1. The Labute approximate surface area is 80.9 Å². The number of hydrogen-bond donors (Lipinski definition) is 0. The number of ether oxygens (including phenoxy) is 1. The molecule has 5 heteroatoms. The topological polar surface area (TPSA) is 35.0 Å². The lowest BCUT2D eigenvalue weighted by Crippen LogP contribution is -2.10. The van der Waals surface area contributed by atoms with E-state index in [1.165, 1.54) is 11.5 Å². The minimum absolute atomic E-state index is 0.00218. The van der Waals surface area contributed by atoms with Crippen LogP contribution in [0.3, 0.4) is 0 Å². The van der Waals surface area contributed by atoms with Crippen molar-refractivity contribution >= 4 is 23.1 Å². The molecule has 0 radical (unpaired) electrons. The summed E-state index contributed by atoms with van der Waals surface area (Å²) in [5.41, 5.74) is 0. The maximum atomic E-state index is 5.94. The molecule has 0 spiro atoms. The van der Waals surface area contributed by atoms with E-state index < -0.39 is 0 Å². The van der Waals surface area contributed by atoms with Gasteiger partial charge in [0.15, 0.2) is 0 Å². The highest BCUT2D eigenvalue weighted by Gasteiger charge is 2.08. The van der Waals surface area contributed by atoms with E-state index in [4.69, 9.17) is 16.3 Å². The summed E-state index contributed by atoms with van der Waals surface area (Å²) in [5.74, 6) is 0.816. The van der Waals surface area contributed by atoms with Crippen LogP contribution in [-0.4, -0.2) is 28.5 Å². The van der Waals surface area contributed by atoms with Gasteiger partial charge in [0, 0.05) is 13.5 Å². The molecular weight excluding hydrogens is 196 g/mol. The first-order valence-corrected chi connectivity index (χ1v) is 4.85. The van der Waals surface area contributed by atoms with E-state index in [2.05, 4.69) is 9.36 Å². The first-order valence-electron chi connectivity index (χ1n) is 3.64. The van der Waals surface area contributed by atoms with E-state index in [9.17, 15) is 0 Å². The molecule has 1 atom stereocenters. The van der Waals surface area contributed by atoms with Crippen molar-refractivity contribution in [2.75, 3.05) is 13.7 Å². The number of nitrogens with zero attached hydrogens (tertiary/aromatic N) is 2. The van der Waals surface area contributed by atoms with E-state index in [1.807, 2.05) is 6.92 Å². The maximum absolute atomic E-state index is 5.94. The summed E-state index contributed by atoms with van der Waals surface area (Å²) in [5, 5.41) is 0.979. The predicted octanol–water partition coefficient (Wildman–Crippen LogP) is 1.64. The van der Waals surface area contributed by atoms with Gasteiger partial charge in [-0.2, -0.15) is 4.37 Å². The number of aromatic nitrogens is 2. The summed E-state index contributed by atoms with van der Waals surface area (Å²) in [6, 6.07) is 0. The normalized spacial score (nSPS) is 13.2. The van der Waals surface area contributed by atoms with Gasteiger partial charge in [0.25, 0.3) is 0 Å². The Morgan fingerprint density at radius 2 is 2.42 bits per heavy atom. The average molecular weight is 207 g/mol. The second-order valence-corrected chi connectivity index (χ2v) is 3.95. The van der Waals surface area contributed by atoms with Crippen LogP contribution in [0.2, 0.25) is 0 Å². The van der Waals surface area contributed by atoms with Crippen molar-refractivity contribution in [1.82, 2.24) is 9.36 Å². The van der Waals surface area contributed by atoms with Crippen molar-refractivity contribution in [2.45, 2.75) is 18.7 Å². The predicted molar refractivity (Wildman–Crippen MR) is 49.9 cm³/mol. The molecule has 0 N–H and O–H groups in total.